The molecule has 0 fully saturated rings. The van der Waals surface area contributed by atoms with Crippen molar-refractivity contribution in [3.05, 3.63) is 28.7 Å². The summed E-state index contributed by atoms with van der Waals surface area (Å²) >= 11 is 3.35. The summed E-state index contributed by atoms with van der Waals surface area (Å²) in [4.78, 5) is 13.6. The van der Waals surface area contributed by atoms with Crippen LogP contribution in [0.2, 0.25) is 0 Å². The maximum atomic E-state index is 11.8. The zero-order valence-corrected chi connectivity index (χ0v) is 12.5. The van der Waals surface area contributed by atoms with Gasteiger partial charge in [0.05, 0.1) is 12.1 Å². The first-order chi connectivity index (χ1) is 8.26. The molecule has 1 rings (SSSR count). The highest BCUT2D eigenvalue weighted by Crippen LogP contribution is 2.15. The summed E-state index contributed by atoms with van der Waals surface area (Å²) in [5.74, 6) is -0.0974. The summed E-state index contributed by atoms with van der Waals surface area (Å²) in [6, 6.07) is 7.43. The van der Waals surface area contributed by atoms with Crippen LogP contribution in [-0.4, -0.2) is 41.7 Å². The van der Waals surface area contributed by atoms with Crippen molar-refractivity contribution < 1.29 is 9.90 Å². The minimum Gasteiger partial charge on any atom is -0.389 e. The van der Waals surface area contributed by atoms with Gasteiger partial charge in [-0.05, 0) is 39.1 Å². The molecule has 0 aromatic heterocycles. The number of carbonyl (C=O) groups is 1. The molecule has 0 aliphatic rings. The van der Waals surface area contributed by atoms with E-state index in [-0.39, 0.29) is 12.5 Å². The average Bonchev–Trinajstić information content (AvgIpc) is 2.13. The van der Waals surface area contributed by atoms with E-state index >= 15 is 0 Å². The zero-order chi connectivity index (χ0) is 13.8. The van der Waals surface area contributed by atoms with E-state index in [0.717, 1.165) is 10.2 Å². The number of nitrogens with one attached hydrogen (secondary N) is 1. The minimum atomic E-state index is -0.801. The van der Waals surface area contributed by atoms with Crippen LogP contribution in [0.1, 0.15) is 13.8 Å². The second-order valence-electron chi connectivity index (χ2n) is 5.04. The van der Waals surface area contributed by atoms with Crippen molar-refractivity contribution in [2.75, 3.05) is 25.5 Å². The van der Waals surface area contributed by atoms with E-state index in [9.17, 15) is 9.90 Å². The van der Waals surface area contributed by atoms with E-state index in [1.807, 2.05) is 24.3 Å². The third kappa shape index (κ3) is 6.14. The standard InChI is InChI=1S/C13H19BrN2O2/c1-13(2,18)9-16(3)8-12(17)15-11-6-4-5-10(14)7-11/h4-7,18H,8-9H2,1-3H3,(H,15,17). The minimum absolute atomic E-state index is 0.0974. The number of anilines is 1. The maximum absolute atomic E-state index is 11.8. The predicted octanol–water partition coefficient (Wildman–Crippen LogP) is 2.09. The number of benzene rings is 1. The van der Waals surface area contributed by atoms with Crippen LogP contribution >= 0.6 is 15.9 Å². The van der Waals surface area contributed by atoms with Crippen LogP contribution in [0.3, 0.4) is 0 Å². The molecule has 0 spiro atoms. The Bertz CT molecular complexity index is 416. The first-order valence-electron chi connectivity index (χ1n) is 5.72. The van der Waals surface area contributed by atoms with E-state index in [1.165, 1.54) is 0 Å². The van der Waals surface area contributed by atoms with Gasteiger partial charge in [0.1, 0.15) is 0 Å². The highest BCUT2D eigenvalue weighted by atomic mass is 79.9. The van der Waals surface area contributed by atoms with Crippen LogP contribution in [0, 0.1) is 0 Å². The Morgan fingerprint density at radius 2 is 2.17 bits per heavy atom. The van der Waals surface area contributed by atoms with Gasteiger partial charge in [0.25, 0.3) is 0 Å². The lowest BCUT2D eigenvalue weighted by molar-refractivity contribution is -0.117. The molecule has 0 saturated heterocycles. The topological polar surface area (TPSA) is 52.6 Å². The van der Waals surface area contributed by atoms with Crippen molar-refractivity contribution in [3.8, 4) is 0 Å². The van der Waals surface area contributed by atoms with Crippen LogP contribution in [-0.2, 0) is 4.79 Å². The summed E-state index contributed by atoms with van der Waals surface area (Å²) in [6.45, 7) is 4.13. The van der Waals surface area contributed by atoms with Crippen LogP contribution in [0.4, 0.5) is 5.69 Å². The van der Waals surface area contributed by atoms with E-state index in [0.29, 0.717) is 6.54 Å². The Morgan fingerprint density at radius 3 is 2.72 bits per heavy atom. The smallest absolute Gasteiger partial charge is 0.238 e. The van der Waals surface area contributed by atoms with Gasteiger partial charge in [0, 0.05) is 16.7 Å². The summed E-state index contributed by atoms with van der Waals surface area (Å²) in [6.07, 6.45) is 0. The number of hydrogen-bond acceptors (Lipinski definition) is 3. The molecule has 1 amide bonds. The summed E-state index contributed by atoms with van der Waals surface area (Å²) in [5, 5.41) is 12.5. The fourth-order valence-corrected chi connectivity index (χ4v) is 2.13. The SMILES string of the molecule is CN(CC(=O)Nc1cccc(Br)c1)CC(C)(C)O. The third-order valence-electron chi connectivity index (χ3n) is 2.18. The summed E-state index contributed by atoms with van der Waals surface area (Å²) in [5.41, 5.74) is -0.0452. The first kappa shape index (κ1) is 15.1. The number of amides is 1. The van der Waals surface area contributed by atoms with Crippen LogP contribution in [0.25, 0.3) is 0 Å². The molecule has 0 saturated carbocycles. The number of nitrogens with zero attached hydrogens (tertiary/aromatic N) is 1. The second-order valence-corrected chi connectivity index (χ2v) is 5.96. The second kappa shape index (κ2) is 6.31. The molecule has 0 radical (unpaired) electrons. The largest absolute Gasteiger partial charge is 0.389 e. The van der Waals surface area contributed by atoms with Gasteiger partial charge in [0.15, 0.2) is 0 Å². The van der Waals surface area contributed by atoms with Gasteiger partial charge in [-0.25, -0.2) is 0 Å². The Kier molecular flexibility index (Phi) is 5.31. The van der Waals surface area contributed by atoms with Crippen molar-refractivity contribution in [1.82, 2.24) is 4.90 Å². The lowest BCUT2D eigenvalue weighted by Gasteiger charge is -2.24. The molecule has 0 heterocycles. The van der Waals surface area contributed by atoms with Gasteiger partial charge >= 0.3 is 0 Å². The molecule has 18 heavy (non-hydrogen) atoms. The lowest BCUT2D eigenvalue weighted by atomic mass is 10.1. The molecule has 1 aromatic rings. The van der Waals surface area contributed by atoms with Crippen molar-refractivity contribution in [2.45, 2.75) is 19.4 Å². The highest BCUT2D eigenvalue weighted by molar-refractivity contribution is 9.10. The number of hydrogen-bond donors (Lipinski definition) is 2. The first-order valence-corrected chi connectivity index (χ1v) is 6.52. The molecule has 4 nitrogen and oxygen atoms in total. The van der Waals surface area contributed by atoms with Crippen molar-refractivity contribution in [3.63, 3.8) is 0 Å². The van der Waals surface area contributed by atoms with E-state index in [2.05, 4.69) is 21.2 Å². The van der Waals surface area contributed by atoms with Gasteiger partial charge in [-0.3, -0.25) is 9.69 Å². The predicted molar refractivity (Wildman–Crippen MR) is 76.6 cm³/mol. The maximum Gasteiger partial charge on any atom is 0.238 e. The van der Waals surface area contributed by atoms with Gasteiger partial charge in [-0.1, -0.05) is 22.0 Å². The molecule has 0 atom stereocenters. The van der Waals surface area contributed by atoms with Gasteiger partial charge in [0.2, 0.25) is 5.91 Å². The van der Waals surface area contributed by atoms with Gasteiger partial charge in [-0.2, -0.15) is 0 Å². The normalized spacial score (nSPS) is 11.7. The summed E-state index contributed by atoms with van der Waals surface area (Å²) < 4.78 is 0.921. The number of aliphatic hydroxyl groups is 1. The molecule has 100 valence electrons. The Labute approximate surface area is 116 Å². The number of likely N-dealkylation sites (N-methyl/N-ethyl adjacent to an activating group) is 1. The lowest BCUT2D eigenvalue weighted by Crippen LogP contribution is -2.40. The molecule has 0 aliphatic carbocycles. The monoisotopic (exact) mass is 314 g/mol. The third-order valence-corrected chi connectivity index (χ3v) is 2.67. The van der Waals surface area contributed by atoms with Crippen molar-refractivity contribution in [1.29, 1.82) is 0 Å². The fraction of sp³-hybridized carbons (Fsp3) is 0.462. The van der Waals surface area contributed by atoms with Crippen LogP contribution in [0.5, 0.6) is 0 Å². The Hall–Kier alpha value is -0.910. The van der Waals surface area contributed by atoms with E-state index < -0.39 is 5.60 Å². The van der Waals surface area contributed by atoms with E-state index in [4.69, 9.17) is 0 Å². The van der Waals surface area contributed by atoms with Crippen molar-refractivity contribution >= 4 is 27.5 Å². The molecule has 5 heteroatoms. The molecule has 2 N–H and O–H groups in total. The average molecular weight is 315 g/mol. The molecule has 1 aromatic carbocycles. The molecule has 0 aliphatic heterocycles. The number of carbonyl (C=O) groups excluding carboxylic acids is 1. The summed E-state index contributed by atoms with van der Waals surface area (Å²) in [7, 11) is 1.80. The number of halogens is 1. The number of rotatable bonds is 5. The Morgan fingerprint density at radius 1 is 1.50 bits per heavy atom. The van der Waals surface area contributed by atoms with Gasteiger partial charge in [-0.15, -0.1) is 0 Å². The quantitative estimate of drug-likeness (QED) is 0.875. The molecular weight excluding hydrogens is 296 g/mol. The molecule has 0 bridgehead atoms. The van der Waals surface area contributed by atoms with E-state index in [1.54, 1.807) is 25.8 Å². The highest BCUT2D eigenvalue weighted by Gasteiger charge is 2.17. The Balaban J connectivity index is 2.47. The molecular formula is C13H19BrN2O2. The zero-order valence-electron chi connectivity index (χ0n) is 10.9. The van der Waals surface area contributed by atoms with Crippen LogP contribution < -0.4 is 5.32 Å². The van der Waals surface area contributed by atoms with Crippen molar-refractivity contribution in [2.24, 2.45) is 0 Å². The fourth-order valence-electron chi connectivity index (χ4n) is 1.73. The molecule has 0 unspecified atom stereocenters. The van der Waals surface area contributed by atoms with Crippen LogP contribution in [0.15, 0.2) is 28.7 Å². The van der Waals surface area contributed by atoms with Gasteiger partial charge < -0.3 is 10.4 Å².